The van der Waals surface area contributed by atoms with E-state index in [0.29, 0.717) is 22.8 Å². The number of hydrogen-bond donors (Lipinski definition) is 1. The molecule has 0 unspecified atom stereocenters. The minimum atomic E-state index is -0.432. The van der Waals surface area contributed by atoms with Crippen molar-refractivity contribution in [1.82, 2.24) is 0 Å². The molecule has 1 heterocycles. The SMILES string of the molecule is CCOC(=O)C1=C(O)/C(=C/c2ccccc2)SC1. The van der Waals surface area contributed by atoms with Crippen molar-refractivity contribution in [2.24, 2.45) is 0 Å². The van der Waals surface area contributed by atoms with Crippen LogP contribution in [0.15, 0.2) is 46.6 Å². The third-order valence-corrected chi connectivity index (χ3v) is 3.57. The molecule has 2 rings (SSSR count). The van der Waals surface area contributed by atoms with Gasteiger partial charge in [-0.15, -0.1) is 11.8 Å². The van der Waals surface area contributed by atoms with Crippen LogP contribution in [-0.2, 0) is 9.53 Å². The van der Waals surface area contributed by atoms with Crippen molar-refractivity contribution in [3.05, 3.63) is 52.1 Å². The molecule has 1 aliphatic rings. The Hall–Kier alpha value is -1.68. The zero-order valence-electron chi connectivity index (χ0n) is 10.1. The summed E-state index contributed by atoms with van der Waals surface area (Å²) in [6.07, 6.45) is 1.87. The van der Waals surface area contributed by atoms with Gasteiger partial charge < -0.3 is 9.84 Å². The van der Waals surface area contributed by atoms with Gasteiger partial charge >= 0.3 is 5.97 Å². The Morgan fingerprint density at radius 3 is 2.83 bits per heavy atom. The van der Waals surface area contributed by atoms with Crippen LogP contribution in [0.25, 0.3) is 6.08 Å². The predicted octanol–water partition coefficient (Wildman–Crippen LogP) is 3.15. The molecule has 0 amide bonds. The lowest BCUT2D eigenvalue weighted by Gasteiger charge is -2.01. The van der Waals surface area contributed by atoms with E-state index in [1.807, 2.05) is 36.4 Å². The molecule has 18 heavy (non-hydrogen) atoms. The van der Waals surface area contributed by atoms with Gasteiger partial charge in [0.15, 0.2) is 0 Å². The van der Waals surface area contributed by atoms with Crippen molar-refractivity contribution < 1.29 is 14.6 Å². The topological polar surface area (TPSA) is 46.5 Å². The van der Waals surface area contributed by atoms with E-state index >= 15 is 0 Å². The quantitative estimate of drug-likeness (QED) is 0.850. The molecule has 3 nitrogen and oxygen atoms in total. The first-order valence-corrected chi connectivity index (χ1v) is 6.70. The molecular weight excluding hydrogens is 248 g/mol. The largest absolute Gasteiger partial charge is 0.506 e. The molecule has 0 radical (unpaired) electrons. The fraction of sp³-hybridized carbons (Fsp3) is 0.214. The number of aliphatic hydroxyl groups excluding tert-OH is 1. The summed E-state index contributed by atoms with van der Waals surface area (Å²) >= 11 is 1.44. The molecule has 0 saturated carbocycles. The molecule has 0 aromatic heterocycles. The summed E-state index contributed by atoms with van der Waals surface area (Å²) in [6.45, 7) is 2.07. The number of aliphatic hydroxyl groups is 1. The lowest BCUT2D eigenvalue weighted by molar-refractivity contribution is -0.138. The van der Waals surface area contributed by atoms with Gasteiger partial charge in [0.05, 0.1) is 17.1 Å². The summed E-state index contributed by atoms with van der Waals surface area (Å²) in [5, 5.41) is 10.00. The van der Waals surface area contributed by atoms with Crippen molar-refractivity contribution in [2.45, 2.75) is 6.92 Å². The summed E-state index contributed by atoms with van der Waals surface area (Å²) in [6, 6.07) is 9.69. The molecule has 0 fully saturated rings. The number of carbonyl (C=O) groups is 1. The predicted molar refractivity (Wildman–Crippen MR) is 73.2 cm³/mol. The van der Waals surface area contributed by atoms with Gasteiger partial charge in [0.1, 0.15) is 5.76 Å². The first-order chi connectivity index (χ1) is 8.72. The Labute approximate surface area is 110 Å². The van der Waals surface area contributed by atoms with Crippen molar-refractivity contribution in [2.75, 3.05) is 12.4 Å². The first kappa shape index (κ1) is 12.8. The van der Waals surface area contributed by atoms with E-state index in [1.165, 1.54) is 11.8 Å². The Morgan fingerprint density at radius 2 is 2.17 bits per heavy atom. The highest BCUT2D eigenvalue weighted by Crippen LogP contribution is 2.36. The third-order valence-electron chi connectivity index (χ3n) is 2.51. The maximum atomic E-state index is 11.6. The molecule has 1 N–H and O–H groups in total. The molecule has 0 atom stereocenters. The number of esters is 1. The minimum absolute atomic E-state index is 0.0438. The standard InChI is InChI=1S/C14H14O3S/c1-2-17-14(16)11-9-18-12(13(11)15)8-10-6-4-3-5-7-10/h3-8,15H,2,9H2,1H3/b12-8-. The Bertz CT molecular complexity index is 503. The van der Waals surface area contributed by atoms with Crippen LogP contribution in [0.1, 0.15) is 12.5 Å². The fourth-order valence-corrected chi connectivity index (χ4v) is 2.65. The van der Waals surface area contributed by atoms with Crippen LogP contribution in [0.3, 0.4) is 0 Å². The number of carbonyl (C=O) groups excluding carboxylic acids is 1. The zero-order valence-corrected chi connectivity index (χ0v) is 10.9. The van der Waals surface area contributed by atoms with Crippen molar-refractivity contribution in [3.63, 3.8) is 0 Å². The van der Waals surface area contributed by atoms with E-state index in [1.54, 1.807) is 6.92 Å². The highest BCUT2D eigenvalue weighted by atomic mass is 32.2. The molecule has 1 aromatic rings. The molecule has 94 valence electrons. The summed E-state index contributed by atoms with van der Waals surface area (Å²) in [4.78, 5) is 12.3. The first-order valence-electron chi connectivity index (χ1n) is 5.71. The smallest absolute Gasteiger partial charge is 0.338 e. The Kier molecular flexibility index (Phi) is 4.10. The number of thioether (sulfide) groups is 1. The Balaban J connectivity index is 2.23. The van der Waals surface area contributed by atoms with Crippen LogP contribution >= 0.6 is 11.8 Å². The van der Waals surface area contributed by atoms with Gasteiger partial charge in [-0.3, -0.25) is 0 Å². The summed E-state index contributed by atoms with van der Waals surface area (Å²) in [7, 11) is 0. The van der Waals surface area contributed by atoms with Crippen LogP contribution in [0.2, 0.25) is 0 Å². The summed E-state index contributed by atoms with van der Waals surface area (Å²) in [5.74, 6) is 0.0739. The van der Waals surface area contributed by atoms with E-state index in [2.05, 4.69) is 0 Å². The molecule has 0 saturated heterocycles. The van der Waals surface area contributed by atoms with Gasteiger partial charge in [-0.05, 0) is 18.6 Å². The second kappa shape index (κ2) is 5.78. The normalized spacial score (nSPS) is 17.3. The zero-order chi connectivity index (χ0) is 13.0. The van der Waals surface area contributed by atoms with E-state index in [0.717, 1.165) is 5.56 Å². The molecule has 0 aliphatic carbocycles. The number of ether oxygens (including phenoxy) is 1. The number of hydrogen-bond acceptors (Lipinski definition) is 4. The van der Waals surface area contributed by atoms with Crippen LogP contribution in [0.5, 0.6) is 0 Å². The molecule has 0 spiro atoms. The van der Waals surface area contributed by atoms with E-state index in [4.69, 9.17) is 4.74 Å². The van der Waals surface area contributed by atoms with Gasteiger partial charge in [-0.25, -0.2) is 4.79 Å². The molecule has 1 aliphatic heterocycles. The van der Waals surface area contributed by atoms with Gasteiger partial charge in [-0.2, -0.15) is 0 Å². The highest BCUT2D eigenvalue weighted by Gasteiger charge is 2.26. The van der Waals surface area contributed by atoms with Crippen LogP contribution in [-0.4, -0.2) is 23.4 Å². The maximum absolute atomic E-state index is 11.6. The number of benzene rings is 1. The van der Waals surface area contributed by atoms with Crippen LogP contribution in [0.4, 0.5) is 0 Å². The Morgan fingerprint density at radius 1 is 1.44 bits per heavy atom. The van der Waals surface area contributed by atoms with E-state index < -0.39 is 5.97 Å². The number of rotatable bonds is 3. The van der Waals surface area contributed by atoms with Gasteiger partial charge in [0, 0.05) is 5.75 Å². The van der Waals surface area contributed by atoms with Gasteiger partial charge in [-0.1, -0.05) is 30.3 Å². The monoisotopic (exact) mass is 262 g/mol. The van der Waals surface area contributed by atoms with E-state index in [-0.39, 0.29) is 5.76 Å². The van der Waals surface area contributed by atoms with Crippen molar-refractivity contribution in [1.29, 1.82) is 0 Å². The molecule has 4 heteroatoms. The van der Waals surface area contributed by atoms with Crippen LogP contribution < -0.4 is 0 Å². The second-order valence-corrected chi connectivity index (χ2v) is 4.77. The lowest BCUT2D eigenvalue weighted by Crippen LogP contribution is -2.09. The highest BCUT2D eigenvalue weighted by molar-refractivity contribution is 8.04. The van der Waals surface area contributed by atoms with Gasteiger partial charge in [0.25, 0.3) is 0 Å². The lowest BCUT2D eigenvalue weighted by atomic mass is 10.2. The van der Waals surface area contributed by atoms with Gasteiger partial charge in [0.2, 0.25) is 0 Å². The summed E-state index contributed by atoms with van der Waals surface area (Å²) < 4.78 is 4.90. The second-order valence-electron chi connectivity index (χ2n) is 3.76. The average molecular weight is 262 g/mol. The third kappa shape index (κ3) is 2.76. The van der Waals surface area contributed by atoms with Crippen LogP contribution in [0, 0.1) is 0 Å². The van der Waals surface area contributed by atoms with E-state index in [9.17, 15) is 9.90 Å². The molecule has 1 aromatic carbocycles. The fourth-order valence-electron chi connectivity index (χ4n) is 1.62. The average Bonchev–Trinajstić information content (AvgIpc) is 2.73. The van der Waals surface area contributed by atoms with Crippen molar-refractivity contribution >= 4 is 23.8 Å². The maximum Gasteiger partial charge on any atom is 0.338 e. The molecule has 0 bridgehead atoms. The summed E-state index contributed by atoms with van der Waals surface area (Å²) in [5.41, 5.74) is 1.35. The minimum Gasteiger partial charge on any atom is -0.506 e. The van der Waals surface area contributed by atoms with Crippen molar-refractivity contribution in [3.8, 4) is 0 Å². The molecular formula is C14H14O3S.